The maximum Gasteiger partial charge on any atom is 0.405 e. The van der Waals surface area contributed by atoms with Crippen LogP contribution in [-0.4, -0.2) is 74.4 Å². The average Bonchev–Trinajstić information content (AvgIpc) is 3.53. The molecule has 45 heavy (non-hydrogen) atoms. The van der Waals surface area contributed by atoms with Gasteiger partial charge in [0.05, 0.1) is 24.9 Å². The minimum Gasteiger partial charge on any atom is -0.492 e. The molecule has 2 aliphatic rings. The summed E-state index contributed by atoms with van der Waals surface area (Å²) >= 11 is 1.26. The average molecular weight is 643 g/mol. The van der Waals surface area contributed by atoms with E-state index in [1.54, 1.807) is 56.5 Å². The highest BCUT2D eigenvalue weighted by molar-refractivity contribution is 7.11. The number of allylic oxidation sites excluding steroid dienone is 4. The summed E-state index contributed by atoms with van der Waals surface area (Å²) in [6.07, 6.45) is 2.50. The molecule has 244 valence electrons. The molecule has 1 aliphatic carbocycles. The Labute approximate surface area is 267 Å². The zero-order chi connectivity index (χ0) is 33.4. The molecular formula is C33H42N2O9S. The van der Waals surface area contributed by atoms with Crippen molar-refractivity contribution >= 4 is 40.5 Å². The second kappa shape index (κ2) is 15.9. The second-order valence-corrected chi connectivity index (χ2v) is 12.2. The molecule has 0 aromatic carbocycles. The summed E-state index contributed by atoms with van der Waals surface area (Å²) in [6.45, 7) is 6.97. The minimum absolute atomic E-state index is 0.0530. The number of fused-ring (bicyclic) bond motifs is 2. The topological polar surface area (TPSA) is 163 Å². The van der Waals surface area contributed by atoms with Crippen LogP contribution in [0.25, 0.3) is 5.57 Å². The highest BCUT2D eigenvalue weighted by Crippen LogP contribution is 2.36. The molecule has 6 atom stereocenters. The van der Waals surface area contributed by atoms with E-state index in [1.807, 2.05) is 6.92 Å². The molecule has 11 nitrogen and oxygen atoms in total. The number of rotatable bonds is 5. The molecule has 4 N–H and O–H groups in total. The number of primary amides is 1. The van der Waals surface area contributed by atoms with E-state index in [0.29, 0.717) is 16.9 Å². The number of hydrogen-bond donors (Lipinski definition) is 3. The number of carbonyl (C=O) groups excluding carboxylic acids is 4. The summed E-state index contributed by atoms with van der Waals surface area (Å²) in [4.78, 5) is 53.5. The van der Waals surface area contributed by atoms with Crippen molar-refractivity contribution in [2.24, 2.45) is 17.6 Å². The third-order valence-corrected chi connectivity index (χ3v) is 8.76. The van der Waals surface area contributed by atoms with Gasteiger partial charge in [-0.05, 0) is 49.6 Å². The molecule has 1 aromatic heterocycles. The standard InChI is InChI=1S/C33H42N2O9S/c1-17-14-21-28(37)26(25(24-12-9-13-45-24)29(38)31(21)43-7)35-32(39)18(2)10-8-11-22(41-5)30(44-33(34)40)20(4)16-19(3)27(36)23(15-17)42-6/h8-13,16-17,19,22-23,27,30,36H,14-15H2,1-7H3,(H2,34,40)(H,35,39)/t17-,19+,22+,23+,27-,30+/m1/s1. The van der Waals surface area contributed by atoms with Crippen LogP contribution < -0.4 is 11.1 Å². The molecule has 0 fully saturated rings. The van der Waals surface area contributed by atoms with Crippen molar-refractivity contribution in [1.29, 1.82) is 0 Å². The maximum absolute atomic E-state index is 14.0. The lowest BCUT2D eigenvalue weighted by molar-refractivity contribution is -0.120. The number of methoxy groups -OCH3 is 3. The summed E-state index contributed by atoms with van der Waals surface area (Å²) in [5.74, 6) is -2.42. The van der Waals surface area contributed by atoms with Gasteiger partial charge in [-0.2, -0.15) is 0 Å². The van der Waals surface area contributed by atoms with Crippen molar-refractivity contribution in [3.63, 3.8) is 0 Å². The summed E-state index contributed by atoms with van der Waals surface area (Å²) < 4.78 is 22.2. The fraction of sp³-hybridized carbons (Fsp3) is 0.455. The molecular weight excluding hydrogens is 600 g/mol. The highest BCUT2D eigenvalue weighted by atomic mass is 32.1. The molecule has 0 saturated carbocycles. The number of carbonyl (C=O) groups is 4. The van der Waals surface area contributed by atoms with Gasteiger partial charge in [-0.25, -0.2) is 4.79 Å². The molecule has 2 amide bonds. The zero-order valence-electron chi connectivity index (χ0n) is 26.6. The number of ketones is 2. The highest BCUT2D eigenvalue weighted by Gasteiger charge is 2.39. The van der Waals surface area contributed by atoms with Gasteiger partial charge >= 0.3 is 6.09 Å². The van der Waals surface area contributed by atoms with Crippen LogP contribution in [0.5, 0.6) is 0 Å². The number of ether oxygens (including phenoxy) is 4. The number of aliphatic hydroxyl groups is 1. The van der Waals surface area contributed by atoms with Crippen LogP contribution >= 0.6 is 11.3 Å². The molecule has 1 aromatic rings. The number of nitrogens with two attached hydrogens (primary N) is 1. The lowest BCUT2D eigenvalue weighted by Gasteiger charge is -2.30. The van der Waals surface area contributed by atoms with Crippen molar-refractivity contribution in [3.8, 4) is 0 Å². The Morgan fingerprint density at radius 1 is 1.09 bits per heavy atom. The zero-order valence-corrected chi connectivity index (χ0v) is 27.4. The van der Waals surface area contributed by atoms with Gasteiger partial charge in [0, 0.05) is 36.2 Å². The Hall–Kier alpha value is -3.84. The predicted octanol–water partition coefficient (Wildman–Crippen LogP) is 4.00. The number of amides is 2. The van der Waals surface area contributed by atoms with Crippen LogP contribution in [0, 0.1) is 11.8 Å². The summed E-state index contributed by atoms with van der Waals surface area (Å²) in [5.41, 5.74) is 6.23. The molecule has 0 radical (unpaired) electrons. The Kier molecular flexibility index (Phi) is 12.6. The normalized spacial score (nSPS) is 27.6. The SMILES string of the molecule is COC1=C2C[C@@H](C)C[C@H](OC)[C@H](O)[C@@H](C)C=C(C)[C@H](OC(N)=O)[C@@H](OC)C=CC=C(C)C(=O)NC(=C(c3cccs3)C1=O)C2=O. The van der Waals surface area contributed by atoms with Crippen molar-refractivity contribution in [2.45, 2.75) is 65.0 Å². The molecule has 1 aliphatic heterocycles. The molecule has 2 heterocycles. The molecule has 0 spiro atoms. The quantitative estimate of drug-likeness (QED) is 0.318. The van der Waals surface area contributed by atoms with Gasteiger partial charge in [0.2, 0.25) is 11.6 Å². The van der Waals surface area contributed by atoms with Crippen LogP contribution in [-0.2, 0) is 33.3 Å². The van der Waals surface area contributed by atoms with Crippen molar-refractivity contribution in [2.75, 3.05) is 21.3 Å². The molecule has 2 bridgehead atoms. The van der Waals surface area contributed by atoms with Gasteiger partial charge in [0.25, 0.3) is 5.91 Å². The van der Waals surface area contributed by atoms with Crippen LogP contribution in [0.2, 0.25) is 0 Å². The van der Waals surface area contributed by atoms with Gasteiger partial charge in [0.1, 0.15) is 11.8 Å². The third kappa shape index (κ3) is 8.46. The molecule has 0 unspecified atom stereocenters. The number of hydrogen-bond acceptors (Lipinski definition) is 10. The number of thiophene rings is 1. The van der Waals surface area contributed by atoms with Crippen molar-refractivity contribution < 1.29 is 43.2 Å². The first kappa shape index (κ1) is 35.6. The monoisotopic (exact) mass is 642 g/mol. The van der Waals surface area contributed by atoms with Gasteiger partial charge in [-0.15, -0.1) is 11.3 Å². The molecule has 3 rings (SSSR count). The number of aliphatic hydroxyl groups excluding tert-OH is 1. The van der Waals surface area contributed by atoms with E-state index < -0.39 is 53.9 Å². The van der Waals surface area contributed by atoms with Gasteiger partial charge in [-0.1, -0.05) is 44.2 Å². The van der Waals surface area contributed by atoms with Crippen LogP contribution in [0.15, 0.2) is 70.0 Å². The van der Waals surface area contributed by atoms with Crippen molar-refractivity contribution in [3.05, 3.63) is 74.9 Å². The summed E-state index contributed by atoms with van der Waals surface area (Å²) in [7, 11) is 4.25. The molecule has 0 saturated heterocycles. The van der Waals surface area contributed by atoms with E-state index in [0.717, 1.165) is 0 Å². The van der Waals surface area contributed by atoms with E-state index in [4.69, 9.17) is 24.7 Å². The van der Waals surface area contributed by atoms with E-state index in [9.17, 15) is 24.3 Å². The van der Waals surface area contributed by atoms with Crippen LogP contribution in [0.4, 0.5) is 4.79 Å². The van der Waals surface area contributed by atoms with Crippen LogP contribution in [0.3, 0.4) is 0 Å². The summed E-state index contributed by atoms with van der Waals surface area (Å²) in [6, 6.07) is 3.44. The van der Waals surface area contributed by atoms with E-state index in [2.05, 4.69) is 5.32 Å². The first-order valence-electron chi connectivity index (χ1n) is 14.5. The van der Waals surface area contributed by atoms with Crippen molar-refractivity contribution in [1.82, 2.24) is 5.32 Å². The summed E-state index contributed by atoms with van der Waals surface area (Å²) in [5, 5.41) is 15.7. The maximum atomic E-state index is 14.0. The Balaban J connectivity index is 2.18. The van der Waals surface area contributed by atoms with Crippen LogP contribution in [0.1, 0.15) is 45.4 Å². The Morgan fingerprint density at radius 2 is 1.80 bits per heavy atom. The molecule has 12 heteroatoms. The Bertz CT molecular complexity index is 1440. The van der Waals surface area contributed by atoms with E-state index in [1.165, 1.54) is 38.7 Å². The smallest absolute Gasteiger partial charge is 0.405 e. The third-order valence-electron chi connectivity index (χ3n) is 7.87. The lowest BCUT2D eigenvalue weighted by atomic mass is 9.83. The van der Waals surface area contributed by atoms with E-state index in [-0.39, 0.29) is 40.5 Å². The first-order chi connectivity index (χ1) is 21.3. The second-order valence-electron chi connectivity index (χ2n) is 11.2. The predicted molar refractivity (Wildman–Crippen MR) is 170 cm³/mol. The fourth-order valence-corrected chi connectivity index (χ4v) is 6.28. The Morgan fingerprint density at radius 3 is 2.38 bits per heavy atom. The van der Waals surface area contributed by atoms with Gasteiger partial charge < -0.3 is 35.1 Å². The van der Waals surface area contributed by atoms with E-state index >= 15 is 0 Å². The fourth-order valence-electron chi connectivity index (χ4n) is 5.50. The van der Waals surface area contributed by atoms with Gasteiger partial charge in [-0.3, -0.25) is 14.4 Å². The number of Topliss-reactive ketones (excluding diaryl/α,β-unsaturated/α-hetero) is 2. The lowest BCUT2D eigenvalue weighted by Crippen LogP contribution is -2.37. The minimum atomic E-state index is -1.01. The number of nitrogens with one attached hydrogen (secondary N) is 1. The first-order valence-corrected chi connectivity index (χ1v) is 15.4. The largest absolute Gasteiger partial charge is 0.492 e. The van der Waals surface area contributed by atoms with Gasteiger partial charge in [0.15, 0.2) is 11.9 Å².